The Bertz CT molecular complexity index is 832. The molecule has 2 aromatic carbocycles. The normalized spacial score (nSPS) is 10.6. The van der Waals surface area contributed by atoms with Gasteiger partial charge in [-0.1, -0.05) is 29.8 Å². The summed E-state index contributed by atoms with van der Waals surface area (Å²) in [4.78, 5) is 4.44. The third-order valence-corrected chi connectivity index (χ3v) is 3.64. The molecule has 0 aliphatic rings. The predicted molar refractivity (Wildman–Crippen MR) is 104 cm³/mol. The van der Waals surface area contributed by atoms with Gasteiger partial charge in [-0.2, -0.15) is 10.1 Å². The Balaban J connectivity index is 1.60. The number of rotatable bonds is 7. The SMILES string of the molecule is Cc1ccc(CNc2cnnc(Nc3ccc(OC(C)C)cc3)n2)cc1. The van der Waals surface area contributed by atoms with E-state index < -0.39 is 0 Å². The predicted octanol–water partition coefficient (Wildman–Crippen LogP) is 4.32. The monoisotopic (exact) mass is 349 g/mol. The summed E-state index contributed by atoms with van der Waals surface area (Å²) in [5.41, 5.74) is 3.30. The van der Waals surface area contributed by atoms with Gasteiger partial charge in [-0.15, -0.1) is 5.10 Å². The molecule has 0 spiro atoms. The highest BCUT2D eigenvalue weighted by Gasteiger charge is 2.03. The molecule has 26 heavy (non-hydrogen) atoms. The maximum atomic E-state index is 5.64. The van der Waals surface area contributed by atoms with Gasteiger partial charge in [0.1, 0.15) is 5.75 Å². The third-order valence-electron chi connectivity index (χ3n) is 3.64. The van der Waals surface area contributed by atoms with Crippen LogP contribution in [-0.2, 0) is 6.54 Å². The van der Waals surface area contributed by atoms with Gasteiger partial charge in [0.05, 0.1) is 12.3 Å². The minimum absolute atomic E-state index is 0.151. The molecule has 0 atom stereocenters. The Morgan fingerprint density at radius 3 is 2.42 bits per heavy atom. The highest BCUT2D eigenvalue weighted by molar-refractivity contribution is 5.55. The minimum Gasteiger partial charge on any atom is -0.491 e. The molecule has 134 valence electrons. The van der Waals surface area contributed by atoms with Crippen LogP contribution >= 0.6 is 0 Å². The van der Waals surface area contributed by atoms with Gasteiger partial charge in [0.25, 0.3) is 0 Å². The molecule has 0 aliphatic heterocycles. The number of nitrogens with one attached hydrogen (secondary N) is 2. The second-order valence-corrected chi connectivity index (χ2v) is 6.32. The maximum absolute atomic E-state index is 5.64. The standard InChI is InChI=1S/C20H23N5O/c1-14(2)26-18-10-8-17(9-11-18)23-20-24-19(13-22-25-20)21-12-16-6-4-15(3)5-7-16/h4-11,13-14H,12H2,1-3H3,(H2,21,23,24,25). The molecule has 1 aromatic heterocycles. The summed E-state index contributed by atoms with van der Waals surface area (Å²) in [5.74, 6) is 1.94. The highest BCUT2D eigenvalue weighted by atomic mass is 16.5. The van der Waals surface area contributed by atoms with Crippen LogP contribution in [0, 0.1) is 6.92 Å². The van der Waals surface area contributed by atoms with E-state index in [9.17, 15) is 0 Å². The lowest BCUT2D eigenvalue weighted by atomic mass is 10.1. The molecule has 0 saturated carbocycles. The molecule has 0 aliphatic carbocycles. The number of hydrogen-bond donors (Lipinski definition) is 2. The van der Waals surface area contributed by atoms with Gasteiger partial charge in [0, 0.05) is 12.2 Å². The molecule has 0 fully saturated rings. The Hall–Kier alpha value is -3.15. The van der Waals surface area contributed by atoms with E-state index in [1.807, 2.05) is 38.1 Å². The number of hydrogen-bond acceptors (Lipinski definition) is 6. The molecule has 0 bridgehead atoms. The number of aryl methyl sites for hydroxylation is 1. The second-order valence-electron chi connectivity index (χ2n) is 6.32. The Morgan fingerprint density at radius 2 is 1.73 bits per heavy atom. The molecule has 1 heterocycles. The summed E-state index contributed by atoms with van der Waals surface area (Å²) in [6, 6.07) is 16.0. The molecule has 3 rings (SSSR count). The fourth-order valence-electron chi connectivity index (χ4n) is 2.36. The summed E-state index contributed by atoms with van der Waals surface area (Å²) in [7, 11) is 0. The smallest absolute Gasteiger partial charge is 0.249 e. The summed E-state index contributed by atoms with van der Waals surface area (Å²) in [6.07, 6.45) is 1.76. The van der Waals surface area contributed by atoms with E-state index in [0.29, 0.717) is 18.3 Å². The van der Waals surface area contributed by atoms with Crippen molar-refractivity contribution in [2.75, 3.05) is 10.6 Å². The van der Waals surface area contributed by atoms with Gasteiger partial charge >= 0.3 is 0 Å². The maximum Gasteiger partial charge on any atom is 0.249 e. The van der Waals surface area contributed by atoms with Crippen LogP contribution in [0.4, 0.5) is 17.5 Å². The van der Waals surface area contributed by atoms with Crippen molar-refractivity contribution >= 4 is 17.5 Å². The topological polar surface area (TPSA) is 72.0 Å². The average molecular weight is 349 g/mol. The van der Waals surface area contributed by atoms with Crippen molar-refractivity contribution in [1.82, 2.24) is 15.2 Å². The Morgan fingerprint density at radius 1 is 1.00 bits per heavy atom. The zero-order valence-corrected chi connectivity index (χ0v) is 15.2. The Labute approximate surface area is 153 Å². The van der Waals surface area contributed by atoms with Crippen molar-refractivity contribution in [2.24, 2.45) is 0 Å². The van der Waals surface area contributed by atoms with Gasteiger partial charge in [0.15, 0.2) is 5.82 Å². The first-order valence-corrected chi connectivity index (χ1v) is 8.61. The van der Waals surface area contributed by atoms with E-state index in [1.54, 1.807) is 6.20 Å². The Kier molecular flexibility index (Phi) is 5.63. The molecule has 0 amide bonds. The van der Waals surface area contributed by atoms with E-state index in [0.717, 1.165) is 11.4 Å². The second kappa shape index (κ2) is 8.29. The summed E-state index contributed by atoms with van der Waals surface area (Å²) in [6.45, 7) is 6.76. The first-order valence-electron chi connectivity index (χ1n) is 8.61. The lowest BCUT2D eigenvalue weighted by Crippen LogP contribution is -2.06. The zero-order chi connectivity index (χ0) is 18.4. The number of benzene rings is 2. The van der Waals surface area contributed by atoms with Gasteiger partial charge in [0.2, 0.25) is 5.95 Å². The largest absolute Gasteiger partial charge is 0.491 e. The lowest BCUT2D eigenvalue weighted by molar-refractivity contribution is 0.242. The molecule has 3 aromatic rings. The van der Waals surface area contributed by atoms with Gasteiger partial charge < -0.3 is 15.4 Å². The van der Waals surface area contributed by atoms with Crippen molar-refractivity contribution < 1.29 is 4.74 Å². The van der Waals surface area contributed by atoms with E-state index in [4.69, 9.17) is 4.74 Å². The summed E-state index contributed by atoms with van der Waals surface area (Å²) < 4.78 is 5.64. The number of ether oxygens (including phenoxy) is 1. The van der Waals surface area contributed by atoms with Crippen LogP contribution in [0.3, 0.4) is 0 Å². The zero-order valence-electron chi connectivity index (χ0n) is 15.2. The van der Waals surface area contributed by atoms with Crippen LogP contribution < -0.4 is 15.4 Å². The molecular formula is C20H23N5O. The highest BCUT2D eigenvalue weighted by Crippen LogP contribution is 2.19. The van der Waals surface area contributed by atoms with Gasteiger partial charge in [-0.05, 0) is 50.6 Å². The van der Waals surface area contributed by atoms with Crippen LogP contribution in [-0.4, -0.2) is 21.3 Å². The molecular weight excluding hydrogens is 326 g/mol. The summed E-state index contributed by atoms with van der Waals surface area (Å²) in [5, 5.41) is 14.4. The van der Waals surface area contributed by atoms with Crippen LogP contribution in [0.1, 0.15) is 25.0 Å². The van der Waals surface area contributed by atoms with Crippen LogP contribution in [0.15, 0.2) is 54.7 Å². The van der Waals surface area contributed by atoms with E-state index in [-0.39, 0.29) is 6.10 Å². The molecule has 6 nitrogen and oxygen atoms in total. The first-order chi connectivity index (χ1) is 12.6. The molecule has 2 N–H and O–H groups in total. The lowest BCUT2D eigenvalue weighted by Gasteiger charge is -2.11. The van der Waals surface area contributed by atoms with Gasteiger partial charge in [-0.25, -0.2) is 0 Å². The van der Waals surface area contributed by atoms with Crippen molar-refractivity contribution in [3.63, 3.8) is 0 Å². The quantitative estimate of drug-likeness (QED) is 0.662. The van der Waals surface area contributed by atoms with E-state index in [1.165, 1.54) is 11.1 Å². The summed E-state index contributed by atoms with van der Waals surface area (Å²) >= 11 is 0. The number of nitrogens with zero attached hydrogens (tertiary/aromatic N) is 3. The molecule has 6 heteroatoms. The van der Waals surface area contributed by atoms with Crippen LogP contribution in [0.2, 0.25) is 0 Å². The first kappa shape index (κ1) is 17.7. The fourth-order valence-corrected chi connectivity index (χ4v) is 2.36. The van der Waals surface area contributed by atoms with Crippen molar-refractivity contribution in [3.8, 4) is 5.75 Å². The molecule has 0 saturated heterocycles. The van der Waals surface area contributed by atoms with Gasteiger partial charge in [-0.3, -0.25) is 0 Å². The van der Waals surface area contributed by atoms with Crippen molar-refractivity contribution in [3.05, 3.63) is 65.9 Å². The molecule has 0 unspecified atom stereocenters. The minimum atomic E-state index is 0.151. The van der Waals surface area contributed by atoms with E-state index in [2.05, 4.69) is 57.0 Å². The van der Waals surface area contributed by atoms with Crippen molar-refractivity contribution in [2.45, 2.75) is 33.4 Å². The third kappa shape index (κ3) is 5.17. The van der Waals surface area contributed by atoms with Crippen LogP contribution in [0.25, 0.3) is 0 Å². The average Bonchev–Trinajstić information content (AvgIpc) is 2.63. The van der Waals surface area contributed by atoms with Crippen molar-refractivity contribution in [1.29, 1.82) is 0 Å². The number of aromatic nitrogens is 3. The van der Waals surface area contributed by atoms with E-state index >= 15 is 0 Å². The van der Waals surface area contributed by atoms with Crippen LogP contribution in [0.5, 0.6) is 5.75 Å². The molecule has 0 radical (unpaired) electrons. The number of anilines is 3. The fraction of sp³-hybridized carbons (Fsp3) is 0.250.